The number of rotatable bonds is 5. The molecule has 0 aliphatic heterocycles. The highest BCUT2D eigenvalue weighted by Gasteiger charge is 2.14. The minimum absolute atomic E-state index is 0.269. The van der Waals surface area contributed by atoms with Gasteiger partial charge in [-0.3, -0.25) is 14.4 Å². The fourth-order valence-electron chi connectivity index (χ4n) is 2.45. The molecule has 6 nitrogen and oxygen atoms in total. The van der Waals surface area contributed by atoms with Crippen molar-refractivity contribution < 1.29 is 14.4 Å². The van der Waals surface area contributed by atoms with Gasteiger partial charge in [0.2, 0.25) is 11.8 Å². The predicted molar refractivity (Wildman–Crippen MR) is 102 cm³/mol. The highest BCUT2D eigenvalue weighted by molar-refractivity contribution is 6.30. The SMILES string of the molecule is CC(=O)Nc1cc(NC(C)=O)cc(C(=O)NC(C)c2cccc(Cl)c2)c1. The molecule has 0 heterocycles. The van der Waals surface area contributed by atoms with Gasteiger partial charge in [-0.1, -0.05) is 23.7 Å². The number of carbonyl (C=O) groups is 3. The van der Waals surface area contributed by atoms with Crippen molar-refractivity contribution in [1.29, 1.82) is 0 Å². The van der Waals surface area contributed by atoms with Crippen molar-refractivity contribution in [2.45, 2.75) is 26.8 Å². The monoisotopic (exact) mass is 373 g/mol. The molecule has 3 amide bonds. The third kappa shape index (κ3) is 5.60. The topological polar surface area (TPSA) is 87.3 Å². The lowest BCUT2D eigenvalue weighted by atomic mass is 10.1. The van der Waals surface area contributed by atoms with Crippen LogP contribution in [-0.2, 0) is 9.59 Å². The molecule has 26 heavy (non-hydrogen) atoms. The molecular weight excluding hydrogens is 354 g/mol. The van der Waals surface area contributed by atoms with Crippen LogP contribution in [0.5, 0.6) is 0 Å². The fraction of sp³-hybridized carbons (Fsp3) is 0.211. The first-order valence-corrected chi connectivity index (χ1v) is 8.39. The standard InChI is InChI=1S/C19H20ClN3O3/c1-11(14-5-4-6-16(20)7-14)21-19(26)15-8-17(22-12(2)24)10-18(9-15)23-13(3)25/h4-11H,1-3H3,(H,21,26)(H,22,24)(H,23,25). The molecule has 0 radical (unpaired) electrons. The molecule has 1 atom stereocenters. The van der Waals surface area contributed by atoms with Crippen molar-refractivity contribution in [2.75, 3.05) is 10.6 Å². The van der Waals surface area contributed by atoms with Crippen LogP contribution in [0.25, 0.3) is 0 Å². The maximum atomic E-state index is 12.6. The van der Waals surface area contributed by atoms with Crippen LogP contribution in [0.1, 0.15) is 42.7 Å². The molecule has 136 valence electrons. The average molecular weight is 374 g/mol. The number of carbonyl (C=O) groups excluding carboxylic acids is 3. The second kappa shape index (κ2) is 8.49. The van der Waals surface area contributed by atoms with Gasteiger partial charge in [0, 0.05) is 35.8 Å². The van der Waals surface area contributed by atoms with Gasteiger partial charge in [0.05, 0.1) is 6.04 Å². The molecule has 2 rings (SSSR count). The highest BCUT2D eigenvalue weighted by Crippen LogP contribution is 2.21. The lowest BCUT2D eigenvalue weighted by molar-refractivity contribution is -0.115. The van der Waals surface area contributed by atoms with Crippen LogP contribution in [-0.4, -0.2) is 17.7 Å². The van der Waals surface area contributed by atoms with Crippen molar-refractivity contribution in [2.24, 2.45) is 0 Å². The van der Waals surface area contributed by atoms with E-state index >= 15 is 0 Å². The quantitative estimate of drug-likeness (QED) is 0.745. The van der Waals surface area contributed by atoms with Crippen LogP contribution in [0, 0.1) is 0 Å². The summed E-state index contributed by atoms with van der Waals surface area (Å²) >= 11 is 5.99. The number of hydrogen-bond donors (Lipinski definition) is 3. The van der Waals surface area contributed by atoms with Gasteiger partial charge < -0.3 is 16.0 Å². The zero-order chi connectivity index (χ0) is 19.3. The molecule has 0 saturated heterocycles. The number of amides is 3. The van der Waals surface area contributed by atoms with E-state index in [-0.39, 0.29) is 23.8 Å². The summed E-state index contributed by atoms with van der Waals surface area (Å²) in [7, 11) is 0. The predicted octanol–water partition coefficient (Wildman–Crippen LogP) is 3.75. The Morgan fingerprint density at radius 1 is 0.923 bits per heavy atom. The maximum Gasteiger partial charge on any atom is 0.251 e. The molecular formula is C19H20ClN3O3. The first-order chi connectivity index (χ1) is 12.2. The number of halogens is 1. The van der Waals surface area contributed by atoms with E-state index in [4.69, 9.17) is 11.6 Å². The van der Waals surface area contributed by atoms with E-state index < -0.39 is 0 Å². The number of nitrogens with one attached hydrogen (secondary N) is 3. The normalized spacial score (nSPS) is 11.4. The summed E-state index contributed by atoms with van der Waals surface area (Å²) in [5.74, 6) is -0.886. The van der Waals surface area contributed by atoms with Crippen molar-refractivity contribution in [1.82, 2.24) is 5.32 Å². The van der Waals surface area contributed by atoms with E-state index in [1.54, 1.807) is 30.3 Å². The molecule has 3 N–H and O–H groups in total. The van der Waals surface area contributed by atoms with E-state index in [0.29, 0.717) is 22.0 Å². The summed E-state index contributed by atoms with van der Waals surface area (Å²) < 4.78 is 0. The molecule has 0 bridgehead atoms. The Hall–Kier alpha value is -2.86. The van der Waals surface area contributed by atoms with Gasteiger partial charge >= 0.3 is 0 Å². The highest BCUT2D eigenvalue weighted by atomic mass is 35.5. The third-order valence-electron chi connectivity index (χ3n) is 3.53. The van der Waals surface area contributed by atoms with Crippen LogP contribution in [0.3, 0.4) is 0 Å². The van der Waals surface area contributed by atoms with Crippen LogP contribution >= 0.6 is 11.6 Å². The largest absolute Gasteiger partial charge is 0.346 e. The first kappa shape index (κ1) is 19.5. The Kier molecular flexibility index (Phi) is 6.36. The minimum atomic E-state index is -0.337. The van der Waals surface area contributed by atoms with Gasteiger partial charge in [-0.2, -0.15) is 0 Å². The van der Waals surface area contributed by atoms with Crippen LogP contribution in [0.2, 0.25) is 5.02 Å². The van der Waals surface area contributed by atoms with Gasteiger partial charge in [0.25, 0.3) is 5.91 Å². The smallest absolute Gasteiger partial charge is 0.251 e. The second-order valence-corrected chi connectivity index (χ2v) is 6.35. The van der Waals surface area contributed by atoms with Gasteiger partial charge in [0.15, 0.2) is 0 Å². The van der Waals surface area contributed by atoms with E-state index in [1.165, 1.54) is 13.8 Å². The van der Waals surface area contributed by atoms with Gasteiger partial charge in [-0.25, -0.2) is 0 Å². The molecule has 0 saturated carbocycles. The summed E-state index contributed by atoms with van der Waals surface area (Å²) in [6, 6.07) is 11.6. The lowest BCUT2D eigenvalue weighted by Gasteiger charge is -2.16. The Morgan fingerprint density at radius 2 is 1.50 bits per heavy atom. The summed E-state index contributed by atoms with van der Waals surface area (Å²) in [5.41, 5.74) is 2.02. The van der Waals surface area contributed by atoms with Gasteiger partial charge in [0.1, 0.15) is 0 Å². The number of hydrogen-bond acceptors (Lipinski definition) is 3. The Bertz CT molecular complexity index is 817. The molecule has 2 aromatic carbocycles. The summed E-state index contributed by atoms with van der Waals surface area (Å²) in [5, 5.41) is 8.70. The number of benzene rings is 2. The molecule has 0 aromatic heterocycles. The van der Waals surface area contributed by atoms with E-state index in [9.17, 15) is 14.4 Å². The molecule has 1 unspecified atom stereocenters. The summed E-state index contributed by atoms with van der Waals surface area (Å²) in [4.78, 5) is 35.2. The van der Waals surface area contributed by atoms with Crippen molar-refractivity contribution in [3.63, 3.8) is 0 Å². The molecule has 0 aliphatic carbocycles. The van der Waals surface area contributed by atoms with Crippen LogP contribution < -0.4 is 16.0 Å². The molecule has 0 aliphatic rings. The third-order valence-corrected chi connectivity index (χ3v) is 3.77. The fourth-order valence-corrected chi connectivity index (χ4v) is 2.65. The molecule has 2 aromatic rings. The zero-order valence-corrected chi connectivity index (χ0v) is 15.5. The molecule has 0 fully saturated rings. The van der Waals surface area contributed by atoms with Gasteiger partial charge in [-0.05, 0) is 42.8 Å². The van der Waals surface area contributed by atoms with E-state index in [1.807, 2.05) is 19.1 Å². The van der Waals surface area contributed by atoms with E-state index in [0.717, 1.165) is 5.56 Å². The Balaban J connectivity index is 2.25. The minimum Gasteiger partial charge on any atom is -0.346 e. The van der Waals surface area contributed by atoms with Crippen LogP contribution in [0.15, 0.2) is 42.5 Å². The van der Waals surface area contributed by atoms with Crippen molar-refractivity contribution in [3.05, 3.63) is 58.6 Å². The summed E-state index contributed by atoms with van der Waals surface area (Å²) in [6.07, 6.45) is 0. The zero-order valence-electron chi connectivity index (χ0n) is 14.7. The Labute approximate surface area is 156 Å². The maximum absolute atomic E-state index is 12.6. The molecule has 7 heteroatoms. The Morgan fingerprint density at radius 3 is 2.00 bits per heavy atom. The van der Waals surface area contributed by atoms with Crippen molar-refractivity contribution in [3.8, 4) is 0 Å². The second-order valence-electron chi connectivity index (χ2n) is 5.91. The number of anilines is 2. The van der Waals surface area contributed by atoms with Gasteiger partial charge in [-0.15, -0.1) is 0 Å². The average Bonchev–Trinajstić information content (AvgIpc) is 2.53. The van der Waals surface area contributed by atoms with Crippen molar-refractivity contribution >= 4 is 40.7 Å². The van der Waals surface area contributed by atoms with Crippen LogP contribution in [0.4, 0.5) is 11.4 Å². The lowest BCUT2D eigenvalue weighted by Crippen LogP contribution is -2.27. The molecule has 0 spiro atoms. The van der Waals surface area contributed by atoms with E-state index in [2.05, 4.69) is 16.0 Å². The summed E-state index contributed by atoms with van der Waals surface area (Å²) in [6.45, 7) is 4.58. The first-order valence-electron chi connectivity index (χ1n) is 8.01.